The molecule has 0 bridgehead atoms. The molecule has 3 N–H and O–H groups in total. The SMILES string of the molecule is O=C(C[NH+]1CCC(Cc2ccccc2)CC1)N[C@H]1CC[NH+](Cc2ccccc2)C1. The number of amides is 1. The van der Waals surface area contributed by atoms with E-state index in [1.54, 1.807) is 4.90 Å². The first-order chi connectivity index (χ1) is 14.2. The summed E-state index contributed by atoms with van der Waals surface area (Å²) in [5, 5.41) is 3.31. The smallest absolute Gasteiger partial charge is 0.275 e. The summed E-state index contributed by atoms with van der Waals surface area (Å²) in [4.78, 5) is 15.6. The molecule has 4 heteroatoms. The van der Waals surface area contributed by atoms with Gasteiger partial charge in [-0.25, -0.2) is 0 Å². The number of benzene rings is 2. The summed E-state index contributed by atoms with van der Waals surface area (Å²) in [5.74, 6) is 1.02. The second-order valence-corrected chi connectivity index (χ2v) is 8.98. The highest BCUT2D eigenvalue weighted by Gasteiger charge is 2.29. The van der Waals surface area contributed by atoms with E-state index in [0.29, 0.717) is 12.6 Å². The zero-order valence-electron chi connectivity index (χ0n) is 17.4. The third kappa shape index (κ3) is 6.15. The monoisotopic (exact) mass is 393 g/mol. The van der Waals surface area contributed by atoms with Crippen molar-refractivity contribution in [1.82, 2.24) is 5.32 Å². The molecule has 0 aliphatic carbocycles. The Morgan fingerprint density at radius 2 is 1.45 bits per heavy atom. The van der Waals surface area contributed by atoms with E-state index in [0.717, 1.165) is 45.1 Å². The molecular formula is C25H35N3O+2. The molecule has 154 valence electrons. The molecule has 0 aromatic heterocycles. The van der Waals surface area contributed by atoms with Crippen LogP contribution in [0.1, 0.15) is 30.4 Å². The lowest BCUT2D eigenvalue weighted by Crippen LogP contribution is -3.14. The maximum Gasteiger partial charge on any atom is 0.275 e. The van der Waals surface area contributed by atoms with Crippen LogP contribution in [0.5, 0.6) is 0 Å². The van der Waals surface area contributed by atoms with Crippen molar-refractivity contribution in [3.05, 3.63) is 71.8 Å². The lowest BCUT2D eigenvalue weighted by atomic mass is 9.90. The fraction of sp³-hybridized carbons (Fsp3) is 0.480. The molecule has 1 amide bonds. The zero-order chi connectivity index (χ0) is 19.9. The van der Waals surface area contributed by atoms with E-state index < -0.39 is 0 Å². The number of piperidine rings is 1. The topological polar surface area (TPSA) is 38.0 Å². The Hall–Kier alpha value is -2.17. The maximum atomic E-state index is 12.6. The second-order valence-electron chi connectivity index (χ2n) is 8.98. The minimum Gasteiger partial charge on any atom is -0.343 e. The summed E-state index contributed by atoms with van der Waals surface area (Å²) in [6.07, 6.45) is 4.75. The molecule has 29 heavy (non-hydrogen) atoms. The standard InChI is InChI=1S/C25H33N3O/c29-25(26-24-13-16-28(19-24)18-23-9-5-2-6-10-23)20-27-14-11-22(12-15-27)17-21-7-3-1-4-8-21/h1-10,22,24H,11-20H2,(H,26,29)/p+2/t24-/m0/s1. The molecule has 0 spiro atoms. The fourth-order valence-corrected chi connectivity index (χ4v) is 5.02. The van der Waals surface area contributed by atoms with Crippen LogP contribution in [-0.2, 0) is 17.8 Å². The zero-order valence-corrected chi connectivity index (χ0v) is 17.4. The molecule has 0 saturated carbocycles. The lowest BCUT2D eigenvalue weighted by Gasteiger charge is -2.29. The molecule has 1 unspecified atom stereocenters. The first kappa shape index (κ1) is 20.1. The fourth-order valence-electron chi connectivity index (χ4n) is 5.02. The normalized spacial score (nSPS) is 26.9. The molecule has 4 rings (SSSR count). The number of likely N-dealkylation sites (tertiary alicyclic amines) is 2. The first-order valence-electron chi connectivity index (χ1n) is 11.3. The third-order valence-corrected chi connectivity index (χ3v) is 6.63. The molecule has 2 heterocycles. The van der Waals surface area contributed by atoms with Crippen LogP contribution in [0, 0.1) is 5.92 Å². The third-order valence-electron chi connectivity index (χ3n) is 6.63. The van der Waals surface area contributed by atoms with Gasteiger partial charge in [-0.1, -0.05) is 60.7 Å². The van der Waals surface area contributed by atoms with Gasteiger partial charge in [-0.15, -0.1) is 0 Å². The number of carbonyl (C=O) groups excluding carboxylic acids is 1. The van der Waals surface area contributed by atoms with Gasteiger partial charge in [0.2, 0.25) is 0 Å². The van der Waals surface area contributed by atoms with Gasteiger partial charge in [-0.3, -0.25) is 4.79 Å². The van der Waals surface area contributed by atoms with Crippen LogP contribution in [0.15, 0.2) is 60.7 Å². The summed E-state index contributed by atoms with van der Waals surface area (Å²) in [6, 6.07) is 21.8. The average molecular weight is 394 g/mol. The number of hydrogen-bond acceptors (Lipinski definition) is 1. The molecule has 2 fully saturated rings. The predicted octanol–water partition coefficient (Wildman–Crippen LogP) is 0.498. The summed E-state index contributed by atoms with van der Waals surface area (Å²) in [5.41, 5.74) is 2.83. The van der Waals surface area contributed by atoms with Crippen molar-refractivity contribution in [2.24, 2.45) is 5.92 Å². The molecule has 2 saturated heterocycles. The number of hydrogen-bond donors (Lipinski definition) is 3. The van der Waals surface area contributed by atoms with Gasteiger partial charge in [0.05, 0.1) is 32.2 Å². The van der Waals surface area contributed by atoms with Crippen LogP contribution in [0.25, 0.3) is 0 Å². The van der Waals surface area contributed by atoms with E-state index >= 15 is 0 Å². The van der Waals surface area contributed by atoms with Crippen molar-refractivity contribution >= 4 is 5.91 Å². The van der Waals surface area contributed by atoms with Crippen LogP contribution in [0.4, 0.5) is 0 Å². The number of quaternary nitrogens is 2. The molecule has 2 aliphatic heterocycles. The van der Waals surface area contributed by atoms with Crippen molar-refractivity contribution < 1.29 is 14.6 Å². The van der Waals surface area contributed by atoms with E-state index in [1.165, 1.54) is 35.3 Å². The number of carbonyl (C=O) groups is 1. The van der Waals surface area contributed by atoms with Crippen LogP contribution in [0.2, 0.25) is 0 Å². The van der Waals surface area contributed by atoms with E-state index in [2.05, 4.69) is 66.0 Å². The number of rotatable bonds is 7. The lowest BCUT2D eigenvalue weighted by molar-refractivity contribution is -0.902. The molecule has 2 aromatic rings. The highest BCUT2D eigenvalue weighted by Crippen LogP contribution is 2.16. The van der Waals surface area contributed by atoms with Crippen molar-refractivity contribution in [2.45, 2.75) is 38.3 Å². The summed E-state index contributed by atoms with van der Waals surface area (Å²) >= 11 is 0. The van der Waals surface area contributed by atoms with E-state index in [-0.39, 0.29) is 5.91 Å². The average Bonchev–Trinajstić information content (AvgIpc) is 3.17. The van der Waals surface area contributed by atoms with Crippen LogP contribution in [0.3, 0.4) is 0 Å². The van der Waals surface area contributed by atoms with Crippen molar-refractivity contribution in [3.8, 4) is 0 Å². The molecule has 0 radical (unpaired) electrons. The van der Waals surface area contributed by atoms with Crippen LogP contribution in [-0.4, -0.2) is 44.7 Å². The van der Waals surface area contributed by atoms with Gasteiger partial charge < -0.3 is 15.1 Å². The largest absolute Gasteiger partial charge is 0.343 e. The second kappa shape index (κ2) is 10.0. The van der Waals surface area contributed by atoms with Gasteiger partial charge in [0.15, 0.2) is 6.54 Å². The Bertz CT molecular complexity index is 756. The minimum atomic E-state index is 0.243. The first-order valence-corrected chi connectivity index (χ1v) is 11.3. The van der Waals surface area contributed by atoms with E-state index in [4.69, 9.17) is 0 Å². The quantitative estimate of drug-likeness (QED) is 0.630. The van der Waals surface area contributed by atoms with Crippen molar-refractivity contribution in [2.75, 3.05) is 32.7 Å². The minimum absolute atomic E-state index is 0.243. The Kier molecular flexibility index (Phi) is 6.96. The summed E-state index contributed by atoms with van der Waals surface area (Å²) in [6.45, 7) is 6.16. The van der Waals surface area contributed by atoms with Crippen molar-refractivity contribution in [1.29, 1.82) is 0 Å². The highest BCUT2D eigenvalue weighted by molar-refractivity contribution is 5.77. The van der Waals surface area contributed by atoms with Crippen LogP contribution >= 0.6 is 0 Å². The molecule has 2 atom stereocenters. The molecule has 2 aliphatic rings. The van der Waals surface area contributed by atoms with Gasteiger partial charge >= 0.3 is 0 Å². The van der Waals surface area contributed by atoms with E-state index in [1.807, 2.05) is 0 Å². The van der Waals surface area contributed by atoms with Gasteiger partial charge in [-0.2, -0.15) is 0 Å². The van der Waals surface area contributed by atoms with Gasteiger partial charge in [-0.05, 0) is 30.7 Å². The Morgan fingerprint density at radius 3 is 2.14 bits per heavy atom. The number of nitrogens with one attached hydrogen (secondary N) is 3. The van der Waals surface area contributed by atoms with Gasteiger partial charge in [0.25, 0.3) is 5.91 Å². The predicted molar refractivity (Wildman–Crippen MR) is 116 cm³/mol. The Balaban J connectivity index is 1.14. The maximum absolute atomic E-state index is 12.6. The van der Waals surface area contributed by atoms with Gasteiger partial charge in [0.1, 0.15) is 6.54 Å². The Labute approximate surface area is 174 Å². The Morgan fingerprint density at radius 1 is 0.828 bits per heavy atom. The molecule has 2 aromatic carbocycles. The van der Waals surface area contributed by atoms with E-state index in [9.17, 15) is 4.79 Å². The molecule has 4 nitrogen and oxygen atoms in total. The van der Waals surface area contributed by atoms with Crippen LogP contribution < -0.4 is 15.1 Å². The summed E-state index contributed by atoms with van der Waals surface area (Å²) in [7, 11) is 0. The van der Waals surface area contributed by atoms with Gasteiger partial charge in [0, 0.05) is 12.0 Å². The highest BCUT2D eigenvalue weighted by atomic mass is 16.2. The van der Waals surface area contributed by atoms with Crippen molar-refractivity contribution in [3.63, 3.8) is 0 Å². The summed E-state index contributed by atoms with van der Waals surface area (Å²) < 4.78 is 0. The molecular weight excluding hydrogens is 358 g/mol.